The number of aliphatic hydroxyl groups is 1. The smallest absolute Gasteiger partial charge is 0.322 e. The van der Waals surface area contributed by atoms with Gasteiger partial charge < -0.3 is 19.5 Å². The molecule has 0 aromatic carbocycles. The minimum Gasteiger partial charge on any atom is -0.481 e. The van der Waals surface area contributed by atoms with Gasteiger partial charge in [0.2, 0.25) is 5.88 Å². The number of rotatable bonds is 4. The Bertz CT molecular complexity index is 491. The van der Waals surface area contributed by atoms with Crippen LogP contribution in [-0.4, -0.2) is 65.5 Å². The van der Waals surface area contributed by atoms with Crippen molar-refractivity contribution in [3.05, 3.63) is 12.4 Å². The Morgan fingerprint density at radius 3 is 2.90 bits per heavy atom. The molecule has 0 unspecified atom stereocenters. The molecule has 0 saturated carbocycles. The van der Waals surface area contributed by atoms with Crippen LogP contribution in [0.5, 0.6) is 5.88 Å². The van der Waals surface area contributed by atoms with Crippen LogP contribution in [0.25, 0.3) is 0 Å². The molecular formula is C13H20N4O4. The fourth-order valence-electron chi connectivity index (χ4n) is 2.15. The highest BCUT2D eigenvalue weighted by Gasteiger charge is 2.32. The van der Waals surface area contributed by atoms with Crippen molar-refractivity contribution < 1.29 is 19.4 Å². The van der Waals surface area contributed by atoms with E-state index in [0.717, 1.165) is 0 Å². The van der Waals surface area contributed by atoms with E-state index >= 15 is 0 Å². The Morgan fingerprint density at radius 2 is 2.24 bits per heavy atom. The summed E-state index contributed by atoms with van der Waals surface area (Å²) in [6.07, 6.45) is 2.35. The van der Waals surface area contributed by atoms with Gasteiger partial charge in [-0.1, -0.05) is 0 Å². The molecule has 0 atom stereocenters. The third kappa shape index (κ3) is 4.27. The molecule has 116 valence electrons. The zero-order valence-electron chi connectivity index (χ0n) is 12.2. The summed E-state index contributed by atoms with van der Waals surface area (Å²) in [6.45, 7) is 1.26. The van der Waals surface area contributed by atoms with Crippen LogP contribution in [0.3, 0.4) is 0 Å². The number of ether oxygens (including phenoxy) is 2. The summed E-state index contributed by atoms with van der Waals surface area (Å²) in [5.41, 5.74) is -0.895. The maximum atomic E-state index is 12.1. The van der Waals surface area contributed by atoms with Gasteiger partial charge in [0.05, 0.1) is 19.3 Å². The highest BCUT2D eigenvalue weighted by atomic mass is 16.5. The zero-order chi connectivity index (χ0) is 15.3. The van der Waals surface area contributed by atoms with Crippen LogP contribution >= 0.6 is 0 Å². The number of hydrogen-bond acceptors (Lipinski definition) is 6. The SMILES string of the molecule is COc1cc(NC(=O)N(C)CC2(O)CCOCC2)ncn1. The van der Waals surface area contributed by atoms with E-state index in [1.165, 1.54) is 24.4 Å². The van der Waals surface area contributed by atoms with E-state index < -0.39 is 5.60 Å². The predicted octanol–water partition coefficient (Wildman–Crippen LogP) is 0.490. The standard InChI is InChI=1S/C13H20N4O4/c1-17(8-13(19)3-5-21-6-4-13)12(18)16-10-7-11(20-2)15-9-14-10/h7,9,19H,3-6,8H2,1-2H3,(H,14,15,16,18). The van der Waals surface area contributed by atoms with Gasteiger partial charge in [-0.25, -0.2) is 14.8 Å². The molecule has 0 spiro atoms. The molecule has 2 rings (SSSR count). The summed E-state index contributed by atoms with van der Waals surface area (Å²) in [4.78, 5) is 21.3. The first-order chi connectivity index (χ1) is 10.0. The maximum Gasteiger partial charge on any atom is 0.322 e. The summed E-state index contributed by atoms with van der Waals surface area (Å²) < 4.78 is 10.2. The third-order valence-electron chi connectivity index (χ3n) is 3.39. The molecule has 0 bridgehead atoms. The molecule has 0 radical (unpaired) electrons. The van der Waals surface area contributed by atoms with Crippen LogP contribution in [0.2, 0.25) is 0 Å². The molecule has 2 N–H and O–H groups in total. The summed E-state index contributed by atoms with van der Waals surface area (Å²) in [6, 6.07) is 1.17. The molecule has 2 heterocycles. The number of carbonyl (C=O) groups excluding carboxylic acids is 1. The molecule has 1 aromatic rings. The van der Waals surface area contributed by atoms with Crippen LogP contribution < -0.4 is 10.1 Å². The number of anilines is 1. The average Bonchev–Trinajstić information content (AvgIpc) is 2.47. The maximum absolute atomic E-state index is 12.1. The van der Waals surface area contributed by atoms with E-state index in [1.807, 2.05) is 0 Å². The predicted molar refractivity (Wildman–Crippen MR) is 75.2 cm³/mol. The van der Waals surface area contributed by atoms with Crippen LogP contribution in [0, 0.1) is 0 Å². The monoisotopic (exact) mass is 296 g/mol. The van der Waals surface area contributed by atoms with Crippen molar-refractivity contribution in [2.24, 2.45) is 0 Å². The first-order valence-corrected chi connectivity index (χ1v) is 6.71. The van der Waals surface area contributed by atoms with E-state index in [4.69, 9.17) is 9.47 Å². The number of urea groups is 1. The number of likely N-dealkylation sites (N-methyl/N-ethyl adjacent to an activating group) is 1. The molecule has 8 nitrogen and oxygen atoms in total. The lowest BCUT2D eigenvalue weighted by Crippen LogP contribution is -2.48. The van der Waals surface area contributed by atoms with Gasteiger partial charge in [-0.15, -0.1) is 0 Å². The van der Waals surface area contributed by atoms with Gasteiger partial charge in [0, 0.05) is 39.2 Å². The fourth-order valence-corrected chi connectivity index (χ4v) is 2.15. The van der Waals surface area contributed by atoms with Crippen molar-refractivity contribution in [2.75, 3.05) is 39.2 Å². The Hall–Kier alpha value is -1.93. The van der Waals surface area contributed by atoms with Crippen molar-refractivity contribution in [1.82, 2.24) is 14.9 Å². The minimum atomic E-state index is -0.895. The van der Waals surface area contributed by atoms with Gasteiger partial charge in [0.1, 0.15) is 12.1 Å². The minimum absolute atomic E-state index is 0.240. The van der Waals surface area contributed by atoms with Crippen LogP contribution in [-0.2, 0) is 4.74 Å². The van der Waals surface area contributed by atoms with E-state index in [9.17, 15) is 9.90 Å². The number of methoxy groups -OCH3 is 1. The molecule has 1 saturated heterocycles. The number of carbonyl (C=O) groups is 1. The summed E-state index contributed by atoms with van der Waals surface area (Å²) in [7, 11) is 3.11. The molecule has 2 amide bonds. The molecule has 8 heteroatoms. The first-order valence-electron chi connectivity index (χ1n) is 6.71. The lowest BCUT2D eigenvalue weighted by atomic mass is 9.94. The number of amides is 2. The highest BCUT2D eigenvalue weighted by molar-refractivity contribution is 5.88. The molecule has 1 fully saturated rings. The third-order valence-corrected chi connectivity index (χ3v) is 3.39. The Morgan fingerprint density at radius 1 is 1.52 bits per heavy atom. The molecule has 1 aliphatic rings. The van der Waals surface area contributed by atoms with Crippen molar-refractivity contribution in [3.63, 3.8) is 0 Å². The molecule has 0 aliphatic carbocycles. The zero-order valence-corrected chi connectivity index (χ0v) is 12.2. The number of aromatic nitrogens is 2. The Balaban J connectivity index is 1.92. The van der Waals surface area contributed by atoms with Gasteiger partial charge in [0.15, 0.2) is 0 Å². The van der Waals surface area contributed by atoms with Crippen LogP contribution in [0.15, 0.2) is 12.4 Å². The Labute approximate surface area is 123 Å². The van der Waals surface area contributed by atoms with Gasteiger partial charge in [-0.2, -0.15) is 0 Å². The molecule has 1 aromatic heterocycles. The Kier molecular flexibility index (Phi) is 4.92. The fraction of sp³-hybridized carbons (Fsp3) is 0.615. The van der Waals surface area contributed by atoms with E-state index in [0.29, 0.717) is 37.8 Å². The summed E-state index contributed by atoms with van der Waals surface area (Å²) >= 11 is 0. The van der Waals surface area contributed by atoms with Crippen molar-refractivity contribution in [1.29, 1.82) is 0 Å². The number of nitrogens with zero attached hydrogens (tertiary/aromatic N) is 3. The molecular weight excluding hydrogens is 276 g/mol. The summed E-state index contributed by atoms with van der Waals surface area (Å²) in [5, 5.41) is 13.0. The van der Waals surface area contributed by atoms with Gasteiger partial charge >= 0.3 is 6.03 Å². The van der Waals surface area contributed by atoms with E-state index in [1.54, 1.807) is 7.05 Å². The molecule has 1 aliphatic heterocycles. The normalized spacial score (nSPS) is 17.1. The number of hydrogen-bond donors (Lipinski definition) is 2. The molecule has 21 heavy (non-hydrogen) atoms. The highest BCUT2D eigenvalue weighted by Crippen LogP contribution is 2.21. The van der Waals surface area contributed by atoms with Crippen molar-refractivity contribution in [2.45, 2.75) is 18.4 Å². The van der Waals surface area contributed by atoms with Crippen LogP contribution in [0.4, 0.5) is 10.6 Å². The second-order valence-electron chi connectivity index (χ2n) is 5.07. The van der Waals surface area contributed by atoms with E-state index in [-0.39, 0.29) is 12.6 Å². The van der Waals surface area contributed by atoms with Crippen molar-refractivity contribution >= 4 is 11.8 Å². The largest absolute Gasteiger partial charge is 0.481 e. The quantitative estimate of drug-likeness (QED) is 0.839. The average molecular weight is 296 g/mol. The lowest BCUT2D eigenvalue weighted by Gasteiger charge is -2.35. The summed E-state index contributed by atoms with van der Waals surface area (Å²) in [5.74, 6) is 0.712. The van der Waals surface area contributed by atoms with Gasteiger partial charge in [-0.3, -0.25) is 5.32 Å². The van der Waals surface area contributed by atoms with Gasteiger partial charge in [-0.05, 0) is 0 Å². The van der Waals surface area contributed by atoms with Gasteiger partial charge in [0.25, 0.3) is 0 Å². The topological polar surface area (TPSA) is 96.8 Å². The number of nitrogens with one attached hydrogen (secondary N) is 1. The van der Waals surface area contributed by atoms with Crippen molar-refractivity contribution in [3.8, 4) is 5.88 Å². The van der Waals surface area contributed by atoms with Crippen LogP contribution in [0.1, 0.15) is 12.8 Å². The van der Waals surface area contributed by atoms with E-state index in [2.05, 4.69) is 15.3 Å². The second-order valence-corrected chi connectivity index (χ2v) is 5.07. The first kappa shape index (κ1) is 15.5. The second kappa shape index (κ2) is 6.68. The lowest BCUT2D eigenvalue weighted by molar-refractivity contribution is -0.0717.